The SMILES string of the molecule is CC(OC(=O)c1c(F)cccc1F)C(=O)c1ccc(C(C)(C)C)cc1. The number of carbonyl (C=O) groups excluding carboxylic acids is 2. The molecule has 0 aliphatic rings. The second-order valence-electron chi connectivity index (χ2n) is 6.84. The molecule has 0 saturated heterocycles. The molecule has 0 N–H and O–H groups in total. The summed E-state index contributed by atoms with van der Waals surface area (Å²) in [5, 5.41) is 0. The molecule has 132 valence electrons. The Labute approximate surface area is 145 Å². The van der Waals surface area contributed by atoms with Crippen LogP contribution in [0, 0.1) is 11.6 Å². The highest BCUT2D eigenvalue weighted by atomic mass is 19.1. The van der Waals surface area contributed by atoms with Gasteiger partial charge in [-0.1, -0.05) is 51.1 Å². The number of carbonyl (C=O) groups is 2. The van der Waals surface area contributed by atoms with Gasteiger partial charge in [0.15, 0.2) is 6.10 Å². The molecule has 0 bridgehead atoms. The van der Waals surface area contributed by atoms with E-state index in [0.717, 1.165) is 23.8 Å². The molecule has 0 heterocycles. The van der Waals surface area contributed by atoms with Gasteiger partial charge in [-0.25, -0.2) is 13.6 Å². The van der Waals surface area contributed by atoms with Crippen molar-refractivity contribution in [2.45, 2.75) is 39.2 Å². The highest BCUT2D eigenvalue weighted by Crippen LogP contribution is 2.23. The molecule has 0 amide bonds. The molecule has 25 heavy (non-hydrogen) atoms. The van der Waals surface area contributed by atoms with E-state index in [2.05, 4.69) is 20.8 Å². The number of ketones is 1. The first-order valence-electron chi connectivity index (χ1n) is 7.91. The van der Waals surface area contributed by atoms with Crippen molar-refractivity contribution in [3.63, 3.8) is 0 Å². The molecule has 0 aliphatic heterocycles. The summed E-state index contributed by atoms with van der Waals surface area (Å²) in [6.07, 6.45) is -1.16. The lowest BCUT2D eigenvalue weighted by Crippen LogP contribution is -2.25. The average Bonchev–Trinajstić information content (AvgIpc) is 2.53. The third-order valence-electron chi connectivity index (χ3n) is 3.86. The number of halogens is 2. The Morgan fingerprint density at radius 3 is 1.96 bits per heavy atom. The molecule has 0 saturated carbocycles. The molecule has 2 aromatic carbocycles. The van der Waals surface area contributed by atoms with Crippen LogP contribution >= 0.6 is 0 Å². The fourth-order valence-electron chi connectivity index (χ4n) is 2.34. The number of esters is 1. The molecule has 2 aromatic rings. The van der Waals surface area contributed by atoms with Crippen LogP contribution in [0.15, 0.2) is 42.5 Å². The maximum atomic E-state index is 13.6. The fourth-order valence-corrected chi connectivity index (χ4v) is 2.34. The quantitative estimate of drug-likeness (QED) is 0.596. The molecule has 1 atom stereocenters. The van der Waals surface area contributed by atoms with Crippen LogP contribution in [0.3, 0.4) is 0 Å². The van der Waals surface area contributed by atoms with E-state index in [1.165, 1.54) is 6.92 Å². The van der Waals surface area contributed by atoms with Crippen molar-refractivity contribution in [3.8, 4) is 0 Å². The highest BCUT2D eigenvalue weighted by Gasteiger charge is 2.25. The lowest BCUT2D eigenvalue weighted by Gasteiger charge is -2.19. The molecule has 0 spiro atoms. The highest BCUT2D eigenvalue weighted by molar-refractivity contribution is 6.01. The number of Topliss-reactive ketones (excluding diaryl/α,β-unsaturated/α-hetero) is 1. The number of benzene rings is 2. The van der Waals surface area contributed by atoms with Crippen molar-refractivity contribution in [3.05, 3.63) is 70.8 Å². The van der Waals surface area contributed by atoms with Gasteiger partial charge < -0.3 is 4.74 Å². The van der Waals surface area contributed by atoms with Crippen molar-refractivity contribution >= 4 is 11.8 Å². The summed E-state index contributed by atoms with van der Waals surface area (Å²) in [7, 11) is 0. The zero-order chi connectivity index (χ0) is 18.8. The molecule has 0 aliphatic carbocycles. The molecule has 0 radical (unpaired) electrons. The summed E-state index contributed by atoms with van der Waals surface area (Å²) in [4.78, 5) is 24.3. The first kappa shape index (κ1) is 18.8. The van der Waals surface area contributed by atoms with E-state index in [9.17, 15) is 18.4 Å². The second-order valence-corrected chi connectivity index (χ2v) is 6.84. The van der Waals surface area contributed by atoms with Crippen LogP contribution in [-0.2, 0) is 10.2 Å². The predicted octanol–water partition coefficient (Wildman–Crippen LogP) is 4.69. The number of hydrogen-bond acceptors (Lipinski definition) is 3. The van der Waals surface area contributed by atoms with Crippen molar-refractivity contribution < 1.29 is 23.1 Å². The van der Waals surface area contributed by atoms with Crippen molar-refractivity contribution in [2.75, 3.05) is 0 Å². The van der Waals surface area contributed by atoms with Crippen molar-refractivity contribution in [1.82, 2.24) is 0 Å². The molecule has 1 unspecified atom stereocenters. The van der Waals surface area contributed by atoms with Crippen LogP contribution in [0.5, 0.6) is 0 Å². The van der Waals surface area contributed by atoms with E-state index in [1.54, 1.807) is 12.1 Å². The molecule has 5 heteroatoms. The van der Waals surface area contributed by atoms with Gasteiger partial charge in [0, 0.05) is 5.56 Å². The molecule has 3 nitrogen and oxygen atoms in total. The Kier molecular flexibility index (Phi) is 5.36. The van der Waals surface area contributed by atoms with Gasteiger partial charge in [0.05, 0.1) is 0 Å². The van der Waals surface area contributed by atoms with Crippen molar-refractivity contribution in [2.24, 2.45) is 0 Å². The van der Waals surface area contributed by atoms with E-state index in [4.69, 9.17) is 4.74 Å². The second kappa shape index (κ2) is 7.13. The zero-order valence-corrected chi connectivity index (χ0v) is 14.6. The summed E-state index contributed by atoms with van der Waals surface area (Å²) < 4.78 is 32.2. The third-order valence-corrected chi connectivity index (χ3v) is 3.86. The van der Waals surface area contributed by atoms with Gasteiger partial charge in [-0.15, -0.1) is 0 Å². The van der Waals surface area contributed by atoms with Gasteiger partial charge in [-0.3, -0.25) is 4.79 Å². The van der Waals surface area contributed by atoms with Crippen LogP contribution in [0.1, 0.15) is 54.0 Å². The molecular formula is C20H20F2O3. The smallest absolute Gasteiger partial charge is 0.344 e. The maximum absolute atomic E-state index is 13.6. The molecular weight excluding hydrogens is 326 g/mol. The average molecular weight is 346 g/mol. The third kappa shape index (κ3) is 4.29. The van der Waals surface area contributed by atoms with E-state index in [-0.39, 0.29) is 5.41 Å². The monoisotopic (exact) mass is 346 g/mol. The number of hydrogen-bond donors (Lipinski definition) is 0. The maximum Gasteiger partial charge on any atom is 0.344 e. The lowest BCUT2D eigenvalue weighted by molar-refractivity contribution is 0.0309. The summed E-state index contributed by atoms with van der Waals surface area (Å²) in [6, 6.07) is 10.0. The predicted molar refractivity (Wildman–Crippen MR) is 90.7 cm³/mol. The van der Waals surface area contributed by atoms with E-state index in [0.29, 0.717) is 5.56 Å². The summed E-state index contributed by atoms with van der Waals surface area (Å²) in [5.74, 6) is -3.70. The largest absolute Gasteiger partial charge is 0.451 e. The Balaban J connectivity index is 2.14. The Morgan fingerprint density at radius 1 is 0.960 bits per heavy atom. The van der Waals surface area contributed by atoms with Crippen molar-refractivity contribution in [1.29, 1.82) is 0 Å². The van der Waals surface area contributed by atoms with Crippen LogP contribution in [0.2, 0.25) is 0 Å². The minimum absolute atomic E-state index is 0.0535. The number of rotatable bonds is 4. The summed E-state index contributed by atoms with van der Waals surface area (Å²) in [5.41, 5.74) is 0.567. The standard InChI is InChI=1S/C20H20F2O3/c1-12(25-19(24)17-15(21)6-5-7-16(17)22)18(23)13-8-10-14(11-9-13)20(2,3)4/h5-12H,1-4H3. The Hall–Kier alpha value is -2.56. The minimum Gasteiger partial charge on any atom is -0.451 e. The topological polar surface area (TPSA) is 43.4 Å². The van der Waals surface area contributed by atoms with Gasteiger partial charge in [0.2, 0.25) is 5.78 Å². The molecule has 2 rings (SSSR count). The molecule has 0 fully saturated rings. The van der Waals surface area contributed by atoms with Crippen LogP contribution < -0.4 is 0 Å². The summed E-state index contributed by atoms with van der Waals surface area (Å²) in [6.45, 7) is 7.53. The first-order chi connectivity index (χ1) is 11.6. The molecule has 0 aromatic heterocycles. The van der Waals surface area contributed by atoms with Gasteiger partial charge in [-0.05, 0) is 30.0 Å². The van der Waals surface area contributed by atoms with Crippen LogP contribution in [-0.4, -0.2) is 17.9 Å². The number of ether oxygens (including phenoxy) is 1. The van der Waals surface area contributed by atoms with Gasteiger partial charge in [0.25, 0.3) is 0 Å². The zero-order valence-electron chi connectivity index (χ0n) is 14.6. The Morgan fingerprint density at radius 2 is 1.48 bits per heavy atom. The normalized spacial score (nSPS) is 12.6. The Bertz CT molecular complexity index is 769. The van der Waals surface area contributed by atoms with Gasteiger partial charge in [0.1, 0.15) is 17.2 Å². The van der Waals surface area contributed by atoms with E-state index >= 15 is 0 Å². The fraction of sp³-hybridized carbons (Fsp3) is 0.300. The van der Waals surface area contributed by atoms with Crippen LogP contribution in [0.4, 0.5) is 8.78 Å². The lowest BCUT2D eigenvalue weighted by atomic mass is 9.86. The van der Waals surface area contributed by atoms with Gasteiger partial charge >= 0.3 is 5.97 Å². The van der Waals surface area contributed by atoms with Crippen LogP contribution in [0.25, 0.3) is 0 Å². The summed E-state index contributed by atoms with van der Waals surface area (Å²) >= 11 is 0. The van der Waals surface area contributed by atoms with Gasteiger partial charge in [-0.2, -0.15) is 0 Å². The van der Waals surface area contributed by atoms with E-state index in [1.807, 2.05) is 12.1 Å². The first-order valence-corrected chi connectivity index (χ1v) is 7.91. The minimum atomic E-state index is -1.21. The van der Waals surface area contributed by atoms with E-state index < -0.39 is 35.1 Å².